The van der Waals surface area contributed by atoms with Crippen LogP contribution in [0.3, 0.4) is 0 Å². The van der Waals surface area contributed by atoms with E-state index in [-0.39, 0.29) is 0 Å². The van der Waals surface area contributed by atoms with Crippen LogP contribution in [0.1, 0.15) is 56.7 Å². The van der Waals surface area contributed by atoms with Gasteiger partial charge in [0.05, 0.1) is 0 Å². The second kappa shape index (κ2) is 6.15. The molecule has 1 aromatic rings. The Morgan fingerprint density at radius 2 is 2.29 bits per heavy atom. The van der Waals surface area contributed by atoms with E-state index >= 15 is 0 Å². The molecule has 0 aliphatic heterocycles. The van der Waals surface area contributed by atoms with E-state index in [4.69, 9.17) is 4.52 Å². The Morgan fingerprint density at radius 1 is 1.41 bits per heavy atom. The zero-order valence-electron chi connectivity index (χ0n) is 10.9. The van der Waals surface area contributed by atoms with Gasteiger partial charge in [0.25, 0.3) is 0 Å². The van der Waals surface area contributed by atoms with E-state index in [0.29, 0.717) is 5.92 Å². The van der Waals surface area contributed by atoms with Crippen LogP contribution in [0.25, 0.3) is 0 Å². The van der Waals surface area contributed by atoms with Gasteiger partial charge in [0.1, 0.15) is 0 Å². The van der Waals surface area contributed by atoms with Gasteiger partial charge in [-0.2, -0.15) is 4.98 Å². The van der Waals surface area contributed by atoms with Crippen molar-refractivity contribution in [3.8, 4) is 0 Å². The molecule has 2 atom stereocenters. The summed E-state index contributed by atoms with van der Waals surface area (Å²) < 4.78 is 5.30. The lowest BCUT2D eigenvalue weighted by Crippen LogP contribution is -2.08. The van der Waals surface area contributed by atoms with Gasteiger partial charge in [-0.1, -0.05) is 18.5 Å². The number of aromatic nitrogens is 2. The van der Waals surface area contributed by atoms with Crippen LogP contribution < -0.4 is 5.32 Å². The summed E-state index contributed by atoms with van der Waals surface area (Å²) >= 11 is 0. The Bertz CT molecular complexity index is 337. The molecule has 2 unspecified atom stereocenters. The summed E-state index contributed by atoms with van der Waals surface area (Å²) in [4.78, 5) is 4.53. The molecule has 0 amide bonds. The molecule has 4 nitrogen and oxygen atoms in total. The van der Waals surface area contributed by atoms with E-state index < -0.39 is 0 Å². The smallest absolute Gasteiger partial charge is 0.226 e. The fourth-order valence-corrected chi connectivity index (χ4v) is 2.63. The van der Waals surface area contributed by atoms with Crippen LogP contribution in [0.2, 0.25) is 0 Å². The first-order valence-electron chi connectivity index (χ1n) is 6.80. The van der Waals surface area contributed by atoms with Crippen molar-refractivity contribution in [1.82, 2.24) is 15.5 Å². The topological polar surface area (TPSA) is 51.0 Å². The first kappa shape index (κ1) is 12.6. The maximum atomic E-state index is 5.30. The highest BCUT2D eigenvalue weighted by atomic mass is 16.5. The molecule has 0 saturated heterocycles. The standard InChI is InChI=1S/C13H23N3O/c1-3-10-6-7-11(9-10)13-15-12(17-16-13)5-4-8-14-2/h10-11,14H,3-9H2,1-2H3. The Morgan fingerprint density at radius 3 is 3.00 bits per heavy atom. The number of nitrogens with zero attached hydrogens (tertiary/aromatic N) is 2. The van der Waals surface area contributed by atoms with Crippen LogP contribution in [0.4, 0.5) is 0 Å². The second-order valence-electron chi connectivity index (χ2n) is 5.04. The van der Waals surface area contributed by atoms with Gasteiger partial charge in [-0.05, 0) is 45.2 Å². The molecule has 1 N–H and O–H groups in total. The first-order valence-corrected chi connectivity index (χ1v) is 6.80. The SMILES string of the molecule is CCC1CCC(c2noc(CCCNC)n2)C1. The van der Waals surface area contributed by atoms with Crippen LogP contribution in [0.5, 0.6) is 0 Å². The summed E-state index contributed by atoms with van der Waals surface area (Å²) in [6.07, 6.45) is 7.02. The normalized spacial score (nSPS) is 24.4. The van der Waals surface area contributed by atoms with Gasteiger partial charge in [-0.15, -0.1) is 0 Å². The van der Waals surface area contributed by atoms with Crippen LogP contribution in [0, 0.1) is 5.92 Å². The van der Waals surface area contributed by atoms with E-state index in [2.05, 4.69) is 22.4 Å². The minimum absolute atomic E-state index is 0.543. The summed E-state index contributed by atoms with van der Waals surface area (Å²) in [5.74, 6) is 3.16. The van der Waals surface area contributed by atoms with E-state index in [1.54, 1.807) is 0 Å². The van der Waals surface area contributed by atoms with Crippen LogP contribution >= 0.6 is 0 Å². The zero-order valence-corrected chi connectivity index (χ0v) is 10.9. The van der Waals surface area contributed by atoms with E-state index in [1.165, 1.54) is 25.7 Å². The molecule has 4 heteroatoms. The van der Waals surface area contributed by atoms with Gasteiger partial charge >= 0.3 is 0 Å². The van der Waals surface area contributed by atoms with Gasteiger partial charge in [0.2, 0.25) is 5.89 Å². The van der Waals surface area contributed by atoms with Crippen molar-refractivity contribution >= 4 is 0 Å². The molecule has 96 valence electrons. The highest BCUT2D eigenvalue weighted by molar-refractivity contribution is 4.99. The molecule has 1 saturated carbocycles. The van der Waals surface area contributed by atoms with Gasteiger partial charge in [0, 0.05) is 12.3 Å². The Hall–Kier alpha value is -0.900. The van der Waals surface area contributed by atoms with Crippen molar-refractivity contribution in [2.45, 2.75) is 51.4 Å². The van der Waals surface area contributed by atoms with Crippen molar-refractivity contribution in [2.24, 2.45) is 5.92 Å². The minimum Gasteiger partial charge on any atom is -0.339 e. The lowest BCUT2D eigenvalue weighted by Gasteiger charge is -2.04. The quantitative estimate of drug-likeness (QED) is 0.772. The molecule has 0 spiro atoms. The molecule has 0 radical (unpaired) electrons. The predicted octanol–water partition coefficient (Wildman–Crippen LogP) is 2.52. The summed E-state index contributed by atoms with van der Waals surface area (Å²) in [6, 6.07) is 0. The van der Waals surface area contributed by atoms with Gasteiger partial charge in [0.15, 0.2) is 5.82 Å². The number of aryl methyl sites for hydroxylation is 1. The molecular formula is C13H23N3O. The molecule has 1 fully saturated rings. The lowest BCUT2D eigenvalue weighted by atomic mass is 10.0. The first-order chi connectivity index (χ1) is 8.33. The maximum Gasteiger partial charge on any atom is 0.226 e. The molecule has 1 aliphatic rings. The van der Waals surface area contributed by atoms with Crippen LogP contribution in [-0.4, -0.2) is 23.7 Å². The number of hydrogen-bond acceptors (Lipinski definition) is 4. The number of hydrogen-bond donors (Lipinski definition) is 1. The van der Waals surface area contributed by atoms with Crippen LogP contribution in [-0.2, 0) is 6.42 Å². The van der Waals surface area contributed by atoms with Crippen molar-refractivity contribution in [1.29, 1.82) is 0 Å². The van der Waals surface area contributed by atoms with Crippen LogP contribution in [0.15, 0.2) is 4.52 Å². The van der Waals surface area contributed by atoms with Crippen molar-refractivity contribution < 1.29 is 4.52 Å². The van der Waals surface area contributed by atoms with Crippen molar-refractivity contribution in [3.05, 3.63) is 11.7 Å². The average Bonchev–Trinajstić information content (AvgIpc) is 2.97. The predicted molar refractivity (Wildman–Crippen MR) is 66.9 cm³/mol. The molecule has 1 aromatic heterocycles. The molecule has 0 bridgehead atoms. The maximum absolute atomic E-state index is 5.30. The number of rotatable bonds is 6. The van der Waals surface area contributed by atoms with Gasteiger partial charge in [-0.3, -0.25) is 0 Å². The molecule has 1 aliphatic carbocycles. The summed E-state index contributed by atoms with van der Waals surface area (Å²) in [7, 11) is 1.96. The van der Waals surface area contributed by atoms with Crippen molar-refractivity contribution in [2.75, 3.05) is 13.6 Å². The third-order valence-electron chi connectivity index (χ3n) is 3.78. The minimum atomic E-state index is 0.543. The Balaban J connectivity index is 1.85. The third-order valence-corrected chi connectivity index (χ3v) is 3.78. The lowest BCUT2D eigenvalue weighted by molar-refractivity contribution is 0.366. The van der Waals surface area contributed by atoms with Crippen molar-refractivity contribution in [3.63, 3.8) is 0 Å². The monoisotopic (exact) mass is 237 g/mol. The third kappa shape index (κ3) is 3.28. The van der Waals surface area contributed by atoms with E-state index in [0.717, 1.165) is 37.0 Å². The average molecular weight is 237 g/mol. The fraction of sp³-hybridized carbons (Fsp3) is 0.846. The summed E-state index contributed by atoms with van der Waals surface area (Å²) in [5, 5.41) is 7.26. The highest BCUT2D eigenvalue weighted by Gasteiger charge is 2.28. The largest absolute Gasteiger partial charge is 0.339 e. The zero-order chi connectivity index (χ0) is 12.1. The second-order valence-corrected chi connectivity index (χ2v) is 5.04. The Kier molecular flexibility index (Phi) is 4.54. The summed E-state index contributed by atoms with van der Waals surface area (Å²) in [5.41, 5.74) is 0. The molecular weight excluding hydrogens is 214 g/mol. The van der Waals surface area contributed by atoms with E-state index in [9.17, 15) is 0 Å². The highest BCUT2D eigenvalue weighted by Crippen LogP contribution is 2.38. The fourth-order valence-electron chi connectivity index (χ4n) is 2.63. The van der Waals surface area contributed by atoms with Gasteiger partial charge in [-0.25, -0.2) is 0 Å². The summed E-state index contributed by atoms with van der Waals surface area (Å²) in [6.45, 7) is 3.27. The van der Waals surface area contributed by atoms with E-state index in [1.807, 2.05) is 7.05 Å². The Labute approximate surface area is 103 Å². The molecule has 17 heavy (non-hydrogen) atoms. The number of nitrogens with one attached hydrogen (secondary N) is 1. The molecule has 0 aromatic carbocycles. The molecule has 1 heterocycles. The molecule has 2 rings (SSSR count). The van der Waals surface area contributed by atoms with Gasteiger partial charge < -0.3 is 9.84 Å².